The molecule has 1 saturated heterocycles. The van der Waals surface area contributed by atoms with Crippen LogP contribution in [0.15, 0.2) is 42.5 Å². The first kappa shape index (κ1) is 18.9. The van der Waals surface area contributed by atoms with Gasteiger partial charge in [-0.25, -0.2) is 8.42 Å². The molecule has 2 atom stereocenters. The lowest BCUT2D eigenvalue weighted by molar-refractivity contribution is -0.116. The topological polar surface area (TPSA) is 84.9 Å². The number of anilines is 2. The maximum atomic E-state index is 13.2. The average molecular weight is 423 g/mol. The van der Waals surface area contributed by atoms with Gasteiger partial charge in [0.1, 0.15) is 11.5 Å². The molecule has 1 aliphatic heterocycles. The Kier molecular flexibility index (Phi) is 4.43. The Hall–Kier alpha value is -2.45. The first-order chi connectivity index (χ1) is 13.3. The largest absolute Gasteiger partial charge is 0.497 e. The molecule has 9 heteroatoms. The highest BCUT2D eigenvalue weighted by Crippen LogP contribution is 2.58. The van der Waals surface area contributed by atoms with Gasteiger partial charge in [-0.15, -0.1) is 0 Å². The third kappa shape index (κ3) is 2.70. The van der Waals surface area contributed by atoms with Gasteiger partial charge in [0, 0.05) is 18.2 Å². The van der Waals surface area contributed by atoms with Crippen molar-refractivity contribution in [1.29, 1.82) is 0 Å². The summed E-state index contributed by atoms with van der Waals surface area (Å²) in [7, 11) is -0.810. The Labute approximate surface area is 168 Å². The molecule has 4 rings (SSSR count). The molecule has 1 N–H and O–H groups in total. The predicted molar refractivity (Wildman–Crippen MR) is 107 cm³/mol. The molecule has 1 heterocycles. The normalized spacial score (nSPS) is 24.4. The van der Waals surface area contributed by atoms with E-state index in [-0.39, 0.29) is 12.5 Å². The standard InChI is InChI=1S/C19H19ClN2O5S/c1-26-15-6-4-14(5-7-15)22-11-12-10-19(12,28(22,24)25)18(23)21-13-3-8-17(27-2)16(20)9-13/h3-9,12H,10-11H2,1-2H3,(H,21,23)/t12-,19+/m1/s1. The third-order valence-electron chi connectivity index (χ3n) is 5.34. The van der Waals surface area contributed by atoms with E-state index >= 15 is 0 Å². The highest BCUT2D eigenvalue weighted by atomic mass is 35.5. The monoisotopic (exact) mass is 422 g/mol. The van der Waals surface area contributed by atoms with Gasteiger partial charge < -0.3 is 14.8 Å². The number of fused-ring (bicyclic) bond motifs is 1. The van der Waals surface area contributed by atoms with Crippen molar-refractivity contribution < 1.29 is 22.7 Å². The molecule has 0 spiro atoms. The Balaban J connectivity index is 1.58. The van der Waals surface area contributed by atoms with Crippen molar-refractivity contribution >= 4 is 38.9 Å². The van der Waals surface area contributed by atoms with Gasteiger partial charge in [-0.3, -0.25) is 9.10 Å². The number of benzene rings is 2. The van der Waals surface area contributed by atoms with Crippen LogP contribution in [0.1, 0.15) is 6.42 Å². The van der Waals surface area contributed by atoms with Crippen molar-refractivity contribution in [2.45, 2.75) is 11.2 Å². The number of rotatable bonds is 5. The summed E-state index contributed by atoms with van der Waals surface area (Å²) in [6.07, 6.45) is 0.317. The van der Waals surface area contributed by atoms with Crippen LogP contribution < -0.4 is 19.1 Å². The van der Waals surface area contributed by atoms with E-state index in [0.29, 0.717) is 34.3 Å². The minimum Gasteiger partial charge on any atom is -0.497 e. The predicted octanol–water partition coefficient (Wildman–Crippen LogP) is 2.90. The van der Waals surface area contributed by atoms with E-state index in [1.165, 1.54) is 17.5 Å². The average Bonchev–Trinajstić information content (AvgIpc) is 3.37. The molecule has 2 aliphatic rings. The second kappa shape index (κ2) is 6.56. The van der Waals surface area contributed by atoms with E-state index in [9.17, 15) is 13.2 Å². The summed E-state index contributed by atoms with van der Waals surface area (Å²) in [6.45, 7) is 0.283. The fraction of sp³-hybridized carbons (Fsp3) is 0.316. The number of ether oxygens (including phenoxy) is 2. The number of amides is 1. The molecule has 28 heavy (non-hydrogen) atoms. The number of hydrogen-bond acceptors (Lipinski definition) is 5. The molecule has 1 amide bonds. The molecule has 0 radical (unpaired) electrons. The zero-order valence-corrected chi connectivity index (χ0v) is 16.9. The molecule has 148 valence electrons. The maximum absolute atomic E-state index is 13.2. The zero-order chi connectivity index (χ0) is 20.1. The van der Waals surface area contributed by atoms with Crippen LogP contribution in [0.4, 0.5) is 11.4 Å². The van der Waals surface area contributed by atoms with Crippen molar-refractivity contribution in [2.75, 3.05) is 30.4 Å². The van der Waals surface area contributed by atoms with Gasteiger partial charge in [0.25, 0.3) is 0 Å². The quantitative estimate of drug-likeness (QED) is 0.800. The summed E-state index contributed by atoms with van der Waals surface area (Å²) in [5.41, 5.74) is 0.946. The van der Waals surface area contributed by atoms with E-state index in [0.717, 1.165) is 0 Å². The SMILES string of the molecule is COc1ccc(N2C[C@H]3C[C@]3(C(=O)Nc3ccc(OC)c(Cl)c3)S2(=O)=O)cc1. The van der Waals surface area contributed by atoms with Crippen molar-refractivity contribution in [3.05, 3.63) is 47.5 Å². The van der Waals surface area contributed by atoms with Crippen LogP contribution in [0.25, 0.3) is 0 Å². The van der Waals surface area contributed by atoms with Crippen LogP contribution in [0, 0.1) is 5.92 Å². The number of carbonyl (C=O) groups is 1. The van der Waals surface area contributed by atoms with Crippen LogP contribution >= 0.6 is 11.6 Å². The van der Waals surface area contributed by atoms with Crippen molar-refractivity contribution in [3.8, 4) is 11.5 Å². The Morgan fingerprint density at radius 1 is 1.18 bits per heavy atom. The summed E-state index contributed by atoms with van der Waals surface area (Å²) in [4.78, 5) is 12.9. The van der Waals surface area contributed by atoms with Crippen LogP contribution in [0.5, 0.6) is 11.5 Å². The van der Waals surface area contributed by atoms with Crippen LogP contribution in [0.3, 0.4) is 0 Å². The fourth-order valence-electron chi connectivity index (χ4n) is 3.70. The molecular formula is C19H19ClN2O5S. The highest BCUT2D eigenvalue weighted by Gasteiger charge is 2.75. The molecule has 1 saturated carbocycles. The number of nitrogens with zero attached hydrogens (tertiary/aromatic N) is 1. The van der Waals surface area contributed by atoms with Crippen molar-refractivity contribution in [1.82, 2.24) is 0 Å². The lowest BCUT2D eigenvalue weighted by atomic mass is 10.2. The number of carbonyl (C=O) groups excluding carboxylic acids is 1. The Bertz CT molecular complexity index is 1040. The molecule has 0 bridgehead atoms. The number of sulfonamides is 1. The zero-order valence-electron chi connectivity index (χ0n) is 15.3. The van der Waals surface area contributed by atoms with E-state index in [2.05, 4.69) is 5.32 Å². The van der Waals surface area contributed by atoms with Crippen molar-refractivity contribution in [2.24, 2.45) is 5.92 Å². The highest BCUT2D eigenvalue weighted by molar-refractivity contribution is 7.95. The summed E-state index contributed by atoms with van der Waals surface area (Å²) >= 11 is 6.09. The second-order valence-corrected chi connectivity index (χ2v) is 9.35. The van der Waals surface area contributed by atoms with E-state index < -0.39 is 20.7 Å². The summed E-state index contributed by atoms with van der Waals surface area (Å²) in [5.74, 6) is 0.332. The van der Waals surface area contributed by atoms with Gasteiger partial charge in [0.15, 0.2) is 4.75 Å². The summed E-state index contributed by atoms with van der Waals surface area (Å²) in [6, 6.07) is 11.5. The molecule has 2 fully saturated rings. The van der Waals surface area contributed by atoms with Crippen LogP contribution in [0.2, 0.25) is 5.02 Å². The molecule has 0 aromatic heterocycles. The van der Waals surface area contributed by atoms with E-state index in [1.54, 1.807) is 43.5 Å². The first-order valence-electron chi connectivity index (χ1n) is 8.65. The maximum Gasteiger partial charge on any atom is 0.250 e. The second-order valence-electron chi connectivity index (χ2n) is 6.83. The molecular weight excluding hydrogens is 404 g/mol. The molecule has 0 unspecified atom stereocenters. The minimum absolute atomic E-state index is 0.242. The molecule has 2 aromatic rings. The smallest absolute Gasteiger partial charge is 0.250 e. The van der Waals surface area contributed by atoms with Gasteiger partial charge >= 0.3 is 0 Å². The Morgan fingerprint density at radius 2 is 1.89 bits per heavy atom. The van der Waals surface area contributed by atoms with Crippen LogP contribution in [-0.2, 0) is 14.8 Å². The minimum atomic E-state index is -3.85. The Morgan fingerprint density at radius 3 is 2.50 bits per heavy atom. The van der Waals surface area contributed by atoms with Gasteiger partial charge in [-0.05, 0) is 48.9 Å². The lowest BCUT2D eigenvalue weighted by Gasteiger charge is -2.23. The molecule has 7 nitrogen and oxygen atoms in total. The van der Waals surface area contributed by atoms with E-state index in [1.807, 2.05) is 0 Å². The number of halogens is 1. The van der Waals surface area contributed by atoms with Gasteiger partial charge in [-0.2, -0.15) is 0 Å². The number of nitrogens with one attached hydrogen (secondary N) is 1. The third-order valence-corrected chi connectivity index (χ3v) is 8.18. The van der Waals surface area contributed by atoms with E-state index in [4.69, 9.17) is 21.1 Å². The first-order valence-corrected chi connectivity index (χ1v) is 10.5. The molecule has 1 aliphatic carbocycles. The summed E-state index contributed by atoms with van der Waals surface area (Å²) < 4.78 is 36.5. The van der Waals surface area contributed by atoms with Crippen molar-refractivity contribution in [3.63, 3.8) is 0 Å². The lowest BCUT2D eigenvalue weighted by Crippen LogP contribution is -2.42. The van der Waals surface area contributed by atoms with Gasteiger partial charge in [-0.1, -0.05) is 11.6 Å². The fourth-order valence-corrected chi connectivity index (χ4v) is 6.32. The number of hydrogen-bond donors (Lipinski definition) is 1. The number of methoxy groups -OCH3 is 2. The molecule has 2 aromatic carbocycles. The van der Waals surface area contributed by atoms with Crippen LogP contribution in [-0.4, -0.2) is 39.8 Å². The summed E-state index contributed by atoms with van der Waals surface area (Å²) in [5, 5.41) is 3.03. The van der Waals surface area contributed by atoms with Gasteiger partial charge in [0.05, 0.1) is 24.9 Å². The van der Waals surface area contributed by atoms with Gasteiger partial charge in [0.2, 0.25) is 15.9 Å².